The molecule has 0 saturated carbocycles. The Morgan fingerprint density at radius 2 is 1.87 bits per heavy atom. The molecule has 45 heavy (non-hydrogen) atoms. The topological polar surface area (TPSA) is 125 Å². The zero-order valence-electron chi connectivity index (χ0n) is 25.7. The number of aliphatic hydroxyl groups is 1. The van der Waals surface area contributed by atoms with E-state index in [9.17, 15) is 9.90 Å². The number of likely N-dealkylation sites (tertiary alicyclic amines) is 1. The minimum atomic E-state index is -0.307. The number of esters is 1. The number of nitrogens with two attached hydrogens (primary N) is 1. The molecule has 0 unspecified atom stereocenters. The first-order chi connectivity index (χ1) is 22.0. The van der Waals surface area contributed by atoms with Gasteiger partial charge < -0.3 is 25.1 Å². The number of anilines is 1. The minimum absolute atomic E-state index is 0.101. The van der Waals surface area contributed by atoms with Gasteiger partial charge in [0.2, 0.25) is 0 Å². The molecular weight excluding hydrogens is 570 g/mol. The van der Waals surface area contributed by atoms with Crippen LogP contribution in [0.4, 0.5) is 5.82 Å². The van der Waals surface area contributed by atoms with Gasteiger partial charge in [-0.3, -0.25) is 14.4 Å². The van der Waals surface area contributed by atoms with Gasteiger partial charge in [0, 0.05) is 49.3 Å². The van der Waals surface area contributed by atoms with Crippen molar-refractivity contribution in [1.29, 1.82) is 0 Å². The quantitative estimate of drug-likeness (QED) is 0.190. The van der Waals surface area contributed by atoms with Crippen LogP contribution in [0.3, 0.4) is 0 Å². The molecule has 6 rings (SSSR count). The number of carbonyl (C=O) groups is 1. The average molecular weight is 610 g/mol. The molecule has 5 aromatic rings. The highest BCUT2D eigenvalue weighted by atomic mass is 16.5. The SMILES string of the molecule is CCOC(=O)Cc1cc(COC)ccc1OCc1c2cc(-c3ccc4ccnc(N)c4c3)ccc2nn1[C@H]1CCN(CCO)C1. The van der Waals surface area contributed by atoms with E-state index in [2.05, 4.69) is 44.9 Å². The normalized spacial score (nSPS) is 15.2. The molecule has 0 aliphatic carbocycles. The van der Waals surface area contributed by atoms with Gasteiger partial charge in [-0.1, -0.05) is 24.3 Å². The Morgan fingerprint density at radius 3 is 2.67 bits per heavy atom. The number of pyridine rings is 1. The van der Waals surface area contributed by atoms with Gasteiger partial charge in [0.1, 0.15) is 18.2 Å². The van der Waals surface area contributed by atoms with Crippen LogP contribution in [0.25, 0.3) is 32.8 Å². The van der Waals surface area contributed by atoms with Crippen molar-refractivity contribution >= 4 is 33.5 Å². The molecule has 1 fully saturated rings. The van der Waals surface area contributed by atoms with Gasteiger partial charge >= 0.3 is 5.97 Å². The second kappa shape index (κ2) is 13.6. The third kappa shape index (κ3) is 6.63. The standard InChI is InChI=1S/C35H39N5O5/c1-3-44-34(42)19-27-16-23(21-43-2)4-9-33(27)45-22-32-30-18-26(25-6-5-24-10-12-37-35(36)29(24)17-25)7-8-31(30)38-40(32)28-11-13-39(20-28)14-15-41/h4-10,12,16-18,28,41H,3,11,13-15,19-22H2,1-2H3,(H2,36,37)/t28-/m0/s1. The summed E-state index contributed by atoms with van der Waals surface area (Å²) in [6.07, 6.45) is 2.74. The molecular formula is C35H39N5O5. The fourth-order valence-electron chi connectivity index (χ4n) is 6.19. The molecule has 3 N–H and O–H groups in total. The maximum Gasteiger partial charge on any atom is 0.310 e. The number of hydrogen-bond donors (Lipinski definition) is 2. The van der Waals surface area contributed by atoms with Crippen LogP contribution in [0.1, 0.15) is 36.2 Å². The number of ether oxygens (including phenoxy) is 3. The van der Waals surface area contributed by atoms with E-state index in [4.69, 9.17) is 25.0 Å². The van der Waals surface area contributed by atoms with Crippen LogP contribution < -0.4 is 10.5 Å². The molecule has 10 heteroatoms. The van der Waals surface area contributed by atoms with Gasteiger partial charge in [-0.25, -0.2) is 4.98 Å². The fourth-order valence-corrected chi connectivity index (χ4v) is 6.19. The number of aliphatic hydroxyl groups excluding tert-OH is 1. The first-order valence-electron chi connectivity index (χ1n) is 15.4. The summed E-state index contributed by atoms with van der Waals surface area (Å²) in [5, 5.41) is 17.5. The molecule has 1 aliphatic heterocycles. The lowest BCUT2D eigenvalue weighted by molar-refractivity contribution is -0.142. The molecule has 234 valence electrons. The van der Waals surface area contributed by atoms with Gasteiger partial charge in [0.05, 0.1) is 43.5 Å². The number of β-amino-alcohol motifs (C(OH)–C–C–N with tert-alkyl or cyclic N) is 1. The van der Waals surface area contributed by atoms with Crippen molar-refractivity contribution in [3.63, 3.8) is 0 Å². The highest BCUT2D eigenvalue weighted by Gasteiger charge is 2.27. The molecule has 0 bridgehead atoms. The summed E-state index contributed by atoms with van der Waals surface area (Å²) in [7, 11) is 1.64. The average Bonchev–Trinajstić information content (AvgIpc) is 3.65. The number of nitrogens with zero attached hydrogens (tertiary/aromatic N) is 4. The summed E-state index contributed by atoms with van der Waals surface area (Å²) >= 11 is 0. The Morgan fingerprint density at radius 1 is 1.04 bits per heavy atom. The van der Waals surface area contributed by atoms with Gasteiger partial charge in [-0.2, -0.15) is 5.10 Å². The summed E-state index contributed by atoms with van der Waals surface area (Å²) in [5.74, 6) is 0.810. The van der Waals surface area contributed by atoms with E-state index >= 15 is 0 Å². The van der Waals surface area contributed by atoms with Crippen LogP contribution >= 0.6 is 0 Å². The van der Waals surface area contributed by atoms with Gasteiger partial charge in [-0.05, 0) is 71.8 Å². The summed E-state index contributed by atoms with van der Waals surface area (Å²) in [6.45, 7) is 5.25. The van der Waals surface area contributed by atoms with E-state index in [1.54, 1.807) is 20.2 Å². The van der Waals surface area contributed by atoms with Crippen molar-refractivity contribution in [3.05, 3.63) is 83.7 Å². The minimum Gasteiger partial charge on any atom is -0.487 e. The molecule has 0 radical (unpaired) electrons. The van der Waals surface area contributed by atoms with Crippen LogP contribution in [0.5, 0.6) is 5.75 Å². The van der Waals surface area contributed by atoms with Crippen LogP contribution in [-0.4, -0.2) is 70.7 Å². The van der Waals surface area contributed by atoms with Crippen molar-refractivity contribution in [1.82, 2.24) is 19.7 Å². The zero-order chi connectivity index (χ0) is 31.3. The Labute approximate surface area is 262 Å². The zero-order valence-corrected chi connectivity index (χ0v) is 25.7. The first kappa shape index (κ1) is 30.5. The number of carbonyl (C=O) groups excluding carboxylic acids is 1. The van der Waals surface area contributed by atoms with Gasteiger partial charge in [0.15, 0.2) is 0 Å². The second-order valence-electron chi connectivity index (χ2n) is 11.4. The Hall–Kier alpha value is -4.51. The first-order valence-corrected chi connectivity index (χ1v) is 15.4. The lowest BCUT2D eigenvalue weighted by atomic mass is 10.00. The lowest BCUT2D eigenvalue weighted by Gasteiger charge is -2.18. The molecule has 1 saturated heterocycles. The highest BCUT2D eigenvalue weighted by molar-refractivity contribution is 5.95. The van der Waals surface area contributed by atoms with E-state index in [1.165, 1.54) is 0 Å². The van der Waals surface area contributed by atoms with Crippen molar-refractivity contribution in [2.45, 2.75) is 39.0 Å². The lowest BCUT2D eigenvalue weighted by Crippen LogP contribution is -2.25. The largest absolute Gasteiger partial charge is 0.487 e. The number of benzene rings is 3. The van der Waals surface area contributed by atoms with E-state index < -0.39 is 0 Å². The predicted molar refractivity (Wildman–Crippen MR) is 174 cm³/mol. The number of fused-ring (bicyclic) bond motifs is 2. The summed E-state index contributed by atoms with van der Waals surface area (Å²) in [6, 6.07) is 20.4. The third-order valence-electron chi connectivity index (χ3n) is 8.38. The Bertz CT molecular complexity index is 1820. The third-order valence-corrected chi connectivity index (χ3v) is 8.38. The Balaban J connectivity index is 1.38. The molecule has 1 atom stereocenters. The maximum absolute atomic E-state index is 12.5. The molecule has 2 aromatic heterocycles. The summed E-state index contributed by atoms with van der Waals surface area (Å²) < 4.78 is 19.2. The van der Waals surface area contributed by atoms with E-state index in [0.717, 1.165) is 69.1 Å². The van der Waals surface area contributed by atoms with Crippen molar-refractivity contribution in [2.24, 2.45) is 0 Å². The molecule has 1 aliphatic rings. The summed E-state index contributed by atoms with van der Waals surface area (Å²) in [5.41, 5.74) is 11.8. The van der Waals surface area contributed by atoms with Crippen molar-refractivity contribution in [2.75, 3.05) is 45.7 Å². The number of rotatable bonds is 12. The van der Waals surface area contributed by atoms with E-state index in [1.807, 2.05) is 30.3 Å². The molecule has 3 aromatic carbocycles. The number of aromatic nitrogens is 3. The monoisotopic (exact) mass is 609 g/mol. The Kier molecular flexibility index (Phi) is 9.25. The number of hydrogen-bond acceptors (Lipinski definition) is 9. The molecule has 3 heterocycles. The summed E-state index contributed by atoms with van der Waals surface area (Å²) in [4.78, 5) is 19.0. The van der Waals surface area contributed by atoms with Crippen LogP contribution in [0.15, 0.2) is 66.9 Å². The van der Waals surface area contributed by atoms with Gasteiger partial charge in [0.25, 0.3) is 0 Å². The predicted octanol–water partition coefficient (Wildman–Crippen LogP) is 4.90. The molecule has 10 nitrogen and oxygen atoms in total. The fraction of sp³-hybridized carbons (Fsp3) is 0.343. The van der Waals surface area contributed by atoms with Crippen molar-refractivity contribution < 1.29 is 24.1 Å². The highest BCUT2D eigenvalue weighted by Crippen LogP contribution is 2.33. The number of nitrogen functional groups attached to an aromatic ring is 1. The number of methoxy groups -OCH3 is 1. The van der Waals surface area contributed by atoms with Crippen LogP contribution in [0.2, 0.25) is 0 Å². The molecule has 0 spiro atoms. The van der Waals surface area contributed by atoms with Gasteiger partial charge in [-0.15, -0.1) is 0 Å². The van der Waals surface area contributed by atoms with E-state index in [0.29, 0.717) is 31.3 Å². The maximum atomic E-state index is 12.5. The van der Waals surface area contributed by atoms with Crippen LogP contribution in [0, 0.1) is 0 Å². The smallest absolute Gasteiger partial charge is 0.310 e. The van der Waals surface area contributed by atoms with Crippen molar-refractivity contribution in [3.8, 4) is 16.9 Å². The van der Waals surface area contributed by atoms with Crippen LogP contribution in [-0.2, 0) is 33.9 Å². The molecule has 0 amide bonds. The second-order valence-corrected chi connectivity index (χ2v) is 11.4. The van der Waals surface area contributed by atoms with E-state index in [-0.39, 0.29) is 31.6 Å².